The van der Waals surface area contributed by atoms with Gasteiger partial charge in [-0.05, 0) is 74.4 Å². The Bertz CT molecular complexity index is 1720. The van der Waals surface area contributed by atoms with E-state index < -0.39 is 42.0 Å². The van der Waals surface area contributed by atoms with E-state index in [9.17, 15) is 29.4 Å². The molecular formula is C43H61N5O7S. The van der Waals surface area contributed by atoms with E-state index in [1.807, 2.05) is 89.3 Å². The summed E-state index contributed by atoms with van der Waals surface area (Å²) in [5.74, 6) is -1.96. The number of hydrogen-bond acceptors (Lipinski definition) is 9. The van der Waals surface area contributed by atoms with Crippen LogP contribution >= 0.6 is 11.3 Å². The fourth-order valence-corrected chi connectivity index (χ4v) is 8.11. The van der Waals surface area contributed by atoms with Gasteiger partial charge in [0.15, 0.2) is 0 Å². The summed E-state index contributed by atoms with van der Waals surface area (Å²) in [5, 5.41) is 29.4. The fraction of sp³-hybridized carbons (Fsp3) is 0.558. The first-order chi connectivity index (χ1) is 26.7. The van der Waals surface area contributed by atoms with Crippen LogP contribution in [0.2, 0.25) is 0 Å². The van der Waals surface area contributed by atoms with Crippen LogP contribution in [-0.2, 0) is 27.3 Å². The van der Waals surface area contributed by atoms with E-state index in [0.29, 0.717) is 23.6 Å². The van der Waals surface area contributed by atoms with Gasteiger partial charge in [-0.2, -0.15) is 0 Å². The summed E-state index contributed by atoms with van der Waals surface area (Å²) in [6.45, 7) is 10.8. The first-order valence-corrected chi connectivity index (χ1v) is 20.7. The van der Waals surface area contributed by atoms with Crippen molar-refractivity contribution in [3.05, 3.63) is 81.8 Å². The van der Waals surface area contributed by atoms with Gasteiger partial charge in [-0.25, -0.2) is 4.98 Å². The number of methoxy groups -OCH3 is 1. The Morgan fingerprint density at radius 1 is 0.982 bits per heavy atom. The van der Waals surface area contributed by atoms with Gasteiger partial charge in [-0.3, -0.25) is 24.1 Å². The Morgan fingerprint density at radius 2 is 1.68 bits per heavy atom. The van der Waals surface area contributed by atoms with Gasteiger partial charge >= 0.3 is 5.97 Å². The zero-order valence-electron chi connectivity index (χ0n) is 33.9. The van der Waals surface area contributed by atoms with Crippen molar-refractivity contribution < 1.29 is 34.1 Å². The second-order valence-electron chi connectivity index (χ2n) is 15.6. The molecule has 7 atom stereocenters. The van der Waals surface area contributed by atoms with Crippen molar-refractivity contribution in [2.75, 3.05) is 20.7 Å². The fourth-order valence-electron chi connectivity index (χ4n) is 7.32. The van der Waals surface area contributed by atoms with Crippen molar-refractivity contribution in [1.82, 2.24) is 25.4 Å². The van der Waals surface area contributed by atoms with Gasteiger partial charge in [0.2, 0.25) is 11.8 Å². The van der Waals surface area contributed by atoms with Crippen LogP contribution in [0.1, 0.15) is 106 Å². The van der Waals surface area contributed by atoms with E-state index in [-0.39, 0.29) is 54.8 Å². The minimum absolute atomic E-state index is 0.0762. The number of nitrogens with one attached hydrogen (secondary N) is 2. The van der Waals surface area contributed by atoms with Crippen LogP contribution in [0.5, 0.6) is 5.75 Å². The highest BCUT2D eigenvalue weighted by atomic mass is 32.1. The summed E-state index contributed by atoms with van der Waals surface area (Å²) in [6, 6.07) is 15.1. The van der Waals surface area contributed by atoms with Crippen molar-refractivity contribution in [3.8, 4) is 5.75 Å². The predicted molar refractivity (Wildman–Crippen MR) is 218 cm³/mol. The average molecular weight is 792 g/mol. The second kappa shape index (κ2) is 21.3. The number of benzene rings is 2. The Morgan fingerprint density at radius 3 is 2.29 bits per heavy atom. The number of nitrogens with zero attached hydrogens (tertiary/aromatic N) is 3. The van der Waals surface area contributed by atoms with Crippen molar-refractivity contribution in [3.63, 3.8) is 0 Å². The van der Waals surface area contributed by atoms with E-state index in [1.165, 1.54) is 0 Å². The van der Waals surface area contributed by atoms with Crippen molar-refractivity contribution in [2.45, 2.75) is 116 Å². The molecule has 0 spiro atoms. The number of likely N-dealkylation sites (tertiary alicyclic amines) is 1. The monoisotopic (exact) mass is 791 g/mol. The number of ether oxygens (including phenoxy) is 1. The number of hydrogen-bond donors (Lipinski definition) is 4. The first kappa shape index (κ1) is 44.4. The highest BCUT2D eigenvalue weighted by Crippen LogP contribution is 2.30. The van der Waals surface area contributed by atoms with Crippen LogP contribution in [0.4, 0.5) is 0 Å². The number of rotatable bonds is 20. The highest BCUT2D eigenvalue weighted by molar-refractivity contribution is 7.09. The summed E-state index contributed by atoms with van der Waals surface area (Å²) in [6.07, 6.45) is 3.13. The molecule has 56 heavy (non-hydrogen) atoms. The van der Waals surface area contributed by atoms with Gasteiger partial charge < -0.3 is 30.5 Å². The van der Waals surface area contributed by atoms with Gasteiger partial charge in [-0.15, -0.1) is 11.3 Å². The number of aliphatic carboxylic acids is 1. The molecule has 0 saturated carbocycles. The Labute approximate surface area is 336 Å². The highest BCUT2D eigenvalue weighted by Gasteiger charge is 2.38. The third kappa shape index (κ3) is 12.3. The molecule has 1 aliphatic heterocycles. The third-order valence-corrected chi connectivity index (χ3v) is 12.0. The van der Waals surface area contributed by atoms with Crippen LogP contribution in [0.3, 0.4) is 0 Å². The third-order valence-electron chi connectivity index (χ3n) is 11.0. The molecule has 1 saturated heterocycles. The van der Waals surface area contributed by atoms with E-state index in [4.69, 9.17) is 4.74 Å². The quantitative estimate of drug-likeness (QED) is 0.106. The molecule has 3 aromatic rings. The zero-order valence-corrected chi connectivity index (χ0v) is 34.8. The maximum absolute atomic E-state index is 14.8. The van der Waals surface area contributed by atoms with Crippen molar-refractivity contribution in [1.29, 1.82) is 0 Å². The standard InChI is InChI=1S/C43H61N5O7S/c1-8-28(4)38(46-40(51)35-16-12-13-21-47(35)6)42(52)48(25-31-14-10-9-11-15-31)36(27(2)3)24-37(49)41-45-34(26-56-41)39(50)44-32(22-29(5)43(53)54)23-30-17-19-33(55-7)20-18-30/h9-11,14-15,17-20,26-29,32,35-38,49H,8,12-13,16,21-25H2,1-7H3,(H,44,50)(H,46,51)(H,53,54)/t28-,29-,32+,35+,36+,37+,38-/m0/s1. The van der Waals surface area contributed by atoms with Gasteiger partial charge in [0, 0.05) is 30.4 Å². The maximum Gasteiger partial charge on any atom is 0.306 e. The number of thiazole rings is 1. The first-order valence-electron chi connectivity index (χ1n) is 19.9. The van der Waals surface area contributed by atoms with Crippen LogP contribution in [-0.4, -0.2) is 93.6 Å². The summed E-state index contributed by atoms with van der Waals surface area (Å²) in [4.78, 5) is 62.2. The minimum Gasteiger partial charge on any atom is -0.497 e. The number of amides is 3. The molecule has 12 nitrogen and oxygen atoms in total. The van der Waals surface area contributed by atoms with Gasteiger partial charge in [-0.1, -0.05) is 89.9 Å². The number of likely N-dealkylation sites (N-methyl/N-ethyl adjacent to an activating group) is 1. The predicted octanol–water partition coefficient (Wildman–Crippen LogP) is 6.10. The summed E-state index contributed by atoms with van der Waals surface area (Å²) >= 11 is 1.16. The van der Waals surface area contributed by atoms with E-state index in [0.717, 1.165) is 48.3 Å². The average Bonchev–Trinajstić information content (AvgIpc) is 3.69. The number of aliphatic hydroxyl groups excluding tert-OH is 1. The number of piperidine rings is 1. The van der Waals surface area contributed by atoms with Gasteiger partial charge in [0.1, 0.15) is 28.6 Å². The van der Waals surface area contributed by atoms with Crippen LogP contribution in [0, 0.1) is 17.8 Å². The van der Waals surface area contributed by atoms with Crippen molar-refractivity contribution in [2.24, 2.45) is 17.8 Å². The molecule has 0 bridgehead atoms. The topological polar surface area (TPSA) is 161 Å². The second-order valence-corrected chi connectivity index (χ2v) is 16.5. The number of carbonyl (C=O) groups excluding carboxylic acids is 3. The lowest BCUT2D eigenvalue weighted by molar-refractivity contribution is -0.143. The summed E-state index contributed by atoms with van der Waals surface area (Å²) in [7, 11) is 3.53. The van der Waals surface area contributed by atoms with Gasteiger partial charge in [0.25, 0.3) is 5.91 Å². The van der Waals surface area contributed by atoms with Crippen LogP contribution in [0.25, 0.3) is 0 Å². The minimum atomic E-state index is -1.09. The van der Waals surface area contributed by atoms with Crippen LogP contribution < -0.4 is 15.4 Å². The largest absolute Gasteiger partial charge is 0.497 e. The number of carbonyl (C=O) groups is 4. The normalized spacial score (nSPS) is 17.9. The Balaban J connectivity index is 1.55. The molecular weight excluding hydrogens is 731 g/mol. The van der Waals surface area contributed by atoms with Crippen molar-refractivity contribution >= 4 is 35.0 Å². The molecule has 3 amide bonds. The molecule has 1 aliphatic rings. The number of carboxylic acid groups (broad SMARTS) is 1. The van der Waals surface area contributed by atoms with Crippen LogP contribution in [0.15, 0.2) is 60.0 Å². The molecule has 0 radical (unpaired) electrons. The number of aromatic nitrogens is 1. The molecule has 306 valence electrons. The molecule has 2 heterocycles. The zero-order chi connectivity index (χ0) is 40.9. The molecule has 1 fully saturated rings. The molecule has 4 rings (SSSR count). The number of carboxylic acids is 1. The molecule has 1 aromatic heterocycles. The Hall–Kier alpha value is -4.33. The van der Waals surface area contributed by atoms with Gasteiger partial charge in [0.05, 0.1) is 19.1 Å². The molecule has 0 aliphatic carbocycles. The SMILES string of the molecule is CC[C@H](C)[C@H](NC(=O)[C@H]1CCCCN1C)C(=O)N(Cc1ccccc1)[C@H](C[C@@H](O)c1nc(C(=O)N[C@@H](Cc2ccc(OC)cc2)C[C@H](C)C(=O)O)cs1)C(C)C. The molecule has 13 heteroatoms. The lowest BCUT2D eigenvalue weighted by atomic mass is 9.91. The molecule has 2 aromatic carbocycles. The molecule has 0 unspecified atom stereocenters. The summed E-state index contributed by atoms with van der Waals surface area (Å²) < 4.78 is 5.25. The smallest absolute Gasteiger partial charge is 0.306 e. The molecule has 4 N–H and O–H groups in total. The Kier molecular flexibility index (Phi) is 16.9. The summed E-state index contributed by atoms with van der Waals surface area (Å²) in [5.41, 5.74) is 1.96. The van der Waals surface area contributed by atoms with E-state index in [1.54, 1.807) is 24.3 Å². The van der Waals surface area contributed by atoms with E-state index in [2.05, 4.69) is 20.5 Å². The van der Waals surface area contributed by atoms with E-state index >= 15 is 0 Å². The maximum atomic E-state index is 14.8. The lowest BCUT2D eigenvalue weighted by Gasteiger charge is -2.40. The lowest BCUT2D eigenvalue weighted by Crippen LogP contribution is -2.58. The number of aliphatic hydroxyl groups is 1.